The number of amides is 1. The zero-order valence-electron chi connectivity index (χ0n) is 16.9. The lowest BCUT2D eigenvalue weighted by molar-refractivity contribution is 0.0649. The second-order valence-electron chi connectivity index (χ2n) is 7.35. The van der Waals surface area contributed by atoms with Gasteiger partial charge in [-0.1, -0.05) is 77.4 Å². The number of piperazine rings is 1. The molecule has 30 heavy (non-hydrogen) atoms. The summed E-state index contributed by atoms with van der Waals surface area (Å²) in [5.74, 6) is 0.464. The highest BCUT2D eigenvalue weighted by Crippen LogP contribution is 2.31. The molecular weight excluding hydrogens is 398 g/mol. The quantitative estimate of drug-likeness (QED) is 0.595. The van der Waals surface area contributed by atoms with E-state index in [1.165, 1.54) is 5.56 Å². The number of rotatable bonds is 5. The number of nitrogens with zero attached hydrogens (tertiary/aromatic N) is 3. The van der Waals surface area contributed by atoms with Crippen molar-refractivity contribution >= 4 is 23.6 Å². The summed E-state index contributed by atoms with van der Waals surface area (Å²) >= 11 is 6.32. The summed E-state index contributed by atoms with van der Waals surface area (Å²) in [4.78, 5) is 17.5. The molecule has 0 aliphatic carbocycles. The Kier molecular flexibility index (Phi) is 6.31. The first-order valence-electron chi connectivity index (χ1n) is 10.1. The van der Waals surface area contributed by atoms with Crippen LogP contribution in [0.1, 0.15) is 21.7 Å². The molecule has 2 heterocycles. The van der Waals surface area contributed by atoms with Crippen LogP contribution in [0.5, 0.6) is 0 Å². The molecule has 5 nitrogen and oxygen atoms in total. The Bertz CT molecular complexity index is 1040. The average Bonchev–Trinajstić information content (AvgIpc) is 3.16. The van der Waals surface area contributed by atoms with E-state index in [2.05, 4.69) is 34.3 Å². The Hall–Kier alpha value is -2.89. The van der Waals surface area contributed by atoms with Crippen molar-refractivity contribution in [2.45, 2.75) is 6.92 Å². The molecule has 0 unspecified atom stereocenters. The molecule has 154 valence electrons. The Morgan fingerprint density at radius 2 is 1.77 bits per heavy atom. The van der Waals surface area contributed by atoms with Crippen LogP contribution in [-0.2, 0) is 0 Å². The van der Waals surface area contributed by atoms with E-state index in [9.17, 15) is 4.79 Å². The topological polar surface area (TPSA) is 49.6 Å². The summed E-state index contributed by atoms with van der Waals surface area (Å²) in [6, 6.07) is 17.6. The third kappa shape index (κ3) is 4.48. The number of hydrogen-bond acceptors (Lipinski definition) is 4. The van der Waals surface area contributed by atoms with E-state index in [0.29, 0.717) is 40.7 Å². The standard InChI is InChI=1S/C24H24ClN3O2/c1-18-22(23(26-30-18)20-11-5-6-12-21(20)25)24(29)28-16-14-27(15-17-28)13-7-10-19-8-3-2-4-9-19/h2-12H,13-17H2,1H3. The van der Waals surface area contributed by atoms with E-state index < -0.39 is 0 Å². The second-order valence-corrected chi connectivity index (χ2v) is 7.76. The maximum atomic E-state index is 13.2. The Morgan fingerprint density at radius 3 is 2.50 bits per heavy atom. The third-order valence-corrected chi connectivity index (χ3v) is 5.67. The van der Waals surface area contributed by atoms with E-state index in [0.717, 1.165) is 19.6 Å². The van der Waals surface area contributed by atoms with Gasteiger partial charge in [-0.25, -0.2) is 0 Å². The molecule has 6 heteroatoms. The molecule has 0 radical (unpaired) electrons. The SMILES string of the molecule is Cc1onc(-c2ccccc2Cl)c1C(=O)N1CCN(CC=Cc2ccccc2)CC1. The van der Waals surface area contributed by atoms with E-state index in [1.807, 2.05) is 41.3 Å². The predicted molar refractivity (Wildman–Crippen MR) is 120 cm³/mol. The summed E-state index contributed by atoms with van der Waals surface area (Å²) in [6.45, 7) is 5.64. The highest BCUT2D eigenvalue weighted by Gasteiger charge is 2.29. The number of carbonyl (C=O) groups excluding carboxylic acids is 1. The molecule has 1 fully saturated rings. The summed E-state index contributed by atoms with van der Waals surface area (Å²) < 4.78 is 5.36. The fourth-order valence-corrected chi connectivity index (χ4v) is 3.88. The Labute approximate surface area is 181 Å². The van der Waals surface area contributed by atoms with Crippen LogP contribution in [0.3, 0.4) is 0 Å². The maximum Gasteiger partial charge on any atom is 0.259 e. The van der Waals surface area contributed by atoms with Gasteiger partial charge in [0.25, 0.3) is 5.91 Å². The minimum Gasteiger partial charge on any atom is -0.360 e. The summed E-state index contributed by atoms with van der Waals surface area (Å²) in [5.41, 5.74) is 2.92. The van der Waals surface area contributed by atoms with Gasteiger partial charge in [0.05, 0.1) is 5.02 Å². The van der Waals surface area contributed by atoms with Crippen molar-refractivity contribution in [3.63, 3.8) is 0 Å². The van der Waals surface area contributed by atoms with Crippen molar-refractivity contribution in [2.75, 3.05) is 32.7 Å². The van der Waals surface area contributed by atoms with Gasteiger partial charge in [-0.3, -0.25) is 9.69 Å². The van der Waals surface area contributed by atoms with Crippen molar-refractivity contribution in [1.82, 2.24) is 15.0 Å². The lowest BCUT2D eigenvalue weighted by atomic mass is 10.0. The van der Waals surface area contributed by atoms with Gasteiger partial charge >= 0.3 is 0 Å². The Morgan fingerprint density at radius 1 is 1.07 bits per heavy atom. The van der Waals surface area contributed by atoms with Gasteiger partial charge in [0.2, 0.25) is 0 Å². The highest BCUT2D eigenvalue weighted by molar-refractivity contribution is 6.33. The fraction of sp³-hybridized carbons (Fsp3) is 0.250. The fourth-order valence-electron chi connectivity index (χ4n) is 3.65. The molecule has 0 N–H and O–H groups in total. The van der Waals surface area contributed by atoms with Crippen LogP contribution in [0.25, 0.3) is 17.3 Å². The predicted octanol–water partition coefficient (Wildman–Crippen LogP) is 4.77. The minimum absolute atomic E-state index is 0.0526. The first-order valence-corrected chi connectivity index (χ1v) is 10.5. The summed E-state index contributed by atoms with van der Waals surface area (Å²) in [6.07, 6.45) is 4.31. The lowest BCUT2D eigenvalue weighted by Gasteiger charge is -2.34. The molecule has 1 aliphatic rings. The molecule has 0 saturated carbocycles. The lowest BCUT2D eigenvalue weighted by Crippen LogP contribution is -2.48. The van der Waals surface area contributed by atoms with Gasteiger partial charge in [0.1, 0.15) is 17.0 Å². The number of aromatic nitrogens is 1. The smallest absolute Gasteiger partial charge is 0.259 e. The maximum absolute atomic E-state index is 13.2. The van der Waals surface area contributed by atoms with Crippen LogP contribution < -0.4 is 0 Å². The van der Waals surface area contributed by atoms with Crippen LogP contribution in [0, 0.1) is 6.92 Å². The highest BCUT2D eigenvalue weighted by atomic mass is 35.5. The van der Waals surface area contributed by atoms with Crippen molar-refractivity contribution in [3.8, 4) is 11.3 Å². The first kappa shape index (κ1) is 20.4. The normalized spacial score (nSPS) is 15.1. The van der Waals surface area contributed by atoms with Crippen molar-refractivity contribution in [2.24, 2.45) is 0 Å². The zero-order valence-corrected chi connectivity index (χ0v) is 17.7. The summed E-state index contributed by atoms with van der Waals surface area (Å²) in [5, 5.41) is 4.67. The van der Waals surface area contributed by atoms with Gasteiger partial charge in [0.15, 0.2) is 0 Å². The summed E-state index contributed by atoms with van der Waals surface area (Å²) in [7, 11) is 0. The van der Waals surface area contributed by atoms with Crippen LogP contribution in [0.4, 0.5) is 0 Å². The molecule has 0 bridgehead atoms. The molecule has 0 atom stereocenters. The molecule has 1 saturated heterocycles. The third-order valence-electron chi connectivity index (χ3n) is 5.34. The number of halogens is 1. The molecular formula is C24H24ClN3O2. The van der Waals surface area contributed by atoms with Crippen LogP contribution in [-0.4, -0.2) is 53.6 Å². The van der Waals surface area contributed by atoms with E-state index in [-0.39, 0.29) is 5.91 Å². The molecule has 1 aliphatic heterocycles. The number of hydrogen-bond donors (Lipinski definition) is 0. The molecule has 3 aromatic rings. The number of carbonyl (C=O) groups is 1. The minimum atomic E-state index is -0.0526. The van der Waals surface area contributed by atoms with Crippen LogP contribution in [0.15, 0.2) is 65.2 Å². The Balaban J connectivity index is 1.40. The van der Waals surface area contributed by atoms with Gasteiger partial charge < -0.3 is 9.42 Å². The van der Waals surface area contributed by atoms with Crippen LogP contribution >= 0.6 is 11.6 Å². The first-order chi connectivity index (χ1) is 14.6. The largest absolute Gasteiger partial charge is 0.360 e. The van der Waals surface area contributed by atoms with Gasteiger partial charge in [-0.15, -0.1) is 0 Å². The van der Waals surface area contributed by atoms with Crippen molar-refractivity contribution in [3.05, 3.63) is 82.6 Å². The number of aryl methyl sites for hydroxylation is 1. The van der Waals surface area contributed by atoms with E-state index in [4.69, 9.17) is 16.1 Å². The van der Waals surface area contributed by atoms with E-state index >= 15 is 0 Å². The zero-order chi connectivity index (χ0) is 20.9. The molecule has 4 rings (SSSR count). The monoisotopic (exact) mass is 421 g/mol. The van der Waals surface area contributed by atoms with Crippen molar-refractivity contribution < 1.29 is 9.32 Å². The van der Waals surface area contributed by atoms with Gasteiger partial charge in [-0.2, -0.15) is 0 Å². The number of benzene rings is 2. The van der Waals surface area contributed by atoms with Crippen LogP contribution in [0.2, 0.25) is 5.02 Å². The van der Waals surface area contributed by atoms with Crippen molar-refractivity contribution in [1.29, 1.82) is 0 Å². The van der Waals surface area contributed by atoms with Gasteiger partial charge in [-0.05, 0) is 18.6 Å². The average molecular weight is 422 g/mol. The van der Waals surface area contributed by atoms with Gasteiger partial charge in [0, 0.05) is 38.3 Å². The molecule has 2 aromatic carbocycles. The molecule has 1 amide bonds. The second kappa shape index (κ2) is 9.28. The van der Waals surface area contributed by atoms with E-state index in [1.54, 1.807) is 13.0 Å². The molecule has 0 spiro atoms. The molecule has 1 aromatic heterocycles.